The number of piperidine rings is 1. The molecule has 0 radical (unpaired) electrons. The Balaban J connectivity index is 2.00. The molecule has 1 aliphatic heterocycles. The molecule has 2 fully saturated rings. The van der Waals surface area contributed by atoms with Gasteiger partial charge in [0.15, 0.2) is 58.2 Å². The summed E-state index contributed by atoms with van der Waals surface area (Å²) in [4.78, 5) is 1.88. The summed E-state index contributed by atoms with van der Waals surface area (Å²) < 4.78 is 143. The van der Waals surface area contributed by atoms with Gasteiger partial charge in [-0.1, -0.05) is 19.3 Å². The first kappa shape index (κ1) is 24.9. The molecular weight excluding hydrogens is 479 g/mol. The van der Waals surface area contributed by atoms with E-state index < -0.39 is 87.7 Å². The van der Waals surface area contributed by atoms with Crippen molar-refractivity contribution >= 4 is 17.6 Å². The second kappa shape index (κ2) is 9.43. The minimum atomic E-state index is -2.49. The lowest BCUT2D eigenvalue weighted by Crippen LogP contribution is -2.57. The summed E-state index contributed by atoms with van der Waals surface area (Å²) in [6.07, 6.45) is 3.15. The third kappa shape index (κ3) is 3.87. The van der Waals surface area contributed by atoms with E-state index in [2.05, 4.69) is 0 Å². The van der Waals surface area contributed by atoms with E-state index in [1.54, 1.807) is 0 Å². The molecule has 2 aliphatic rings. The van der Waals surface area contributed by atoms with Gasteiger partial charge in [-0.2, -0.15) is 0 Å². The van der Waals surface area contributed by atoms with Crippen LogP contribution in [0.4, 0.5) is 43.9 Å². The van der Waals surface area contributed by atoms with E-state index in [0.717, 1.165) is 19.3 Å². The fraction of sp³-hybridized carbons (Fsp3) is 0.455. The molecule has 2 atom stereocenters. The lowest BCUT2D eigenvalue weighted by Gasteiger charge is -2.38. The van der Waals surface area contributed by atoms with Crippen LogP contribution in [0.2, 0.25) is 5.82 Å². The molecule has 1 aliphatic carbocycles. The summed E-state index contributed by atoms with van der Waals surface area (Å²) in [6, 6.07) is -0.616. The lowest BCUT2D eigenvalue weighted by molar-refractivity contribution is 0.165. The minimum Gasteiger partial charge on any atom is -0.301 e. The van der Waals surface area contributed by atoms with Gasteiger partial charge in [-0.25, -0.2) is 43.9 Å². The number of likely N-dealkylation sites (tertiary alicyclic amines) is 1. The fourth-order valence-corrected chi connectivity index (χ4v) is 5.42. The summed E-state index contributed by atoms with van der Waals surface area (Å²) in [7, 11) is 0. The molecule has 2 aromatic carbocycles. The second-order valence-corrected chi connectivity index (χ2v) is 8.70. The van der Waals surface area contributed by atoms with Crippen molar-refractivity contribution in [2.45, 2.75) is 50.4 Å². The van der Waals surface area contributed by atoms with Crippen LogP contribution in [-0.2, 0) is 0 Å². The van der Waals surface area contributed by atoms with Crippen molar-refractivity contribution in [3.05, 3.63) is 58.2 Å². The normalized spacial score (nSPS) is 21.4. The third-order valence-corrected chi connectivity index (χ3v) is 6.93. The quantitative estimate of drug-likeness (QED) is 0.246. The molecule has 184 valence electrons. The average molecular weight is 497 g/mol. The maximum Gasteiger partial charge on any atom is 0.229 e. The molecule has 1 nitrogen and oxygen atoms in total. The van der Waals surface area contributed by atoms with Crippen molar-refractivity contribution < 1.29 is 43.9 Å². The van der Waals surface area contributed by atoms with E-state index in [-0.39, 0.29) is 6.42 Å². The van der Waals surface area contributed by atoms with Gasteiger partial charge < -0.3 is 4.90 Å². The van der Waals surface area contributed by atoms with E-state index in [9.17, 15) is 43.9 Å². The lowest BCUT2D eigenvalue weighted by atomic mass is 9.32. The Kier molecular flexibility index (Phi) is 6.90. The topological polar surface area (TPSA) is 3.24 Å². The minimum absolute atomic E-state index is 0.0187. The van der Waals surface area contributed by atoms with Crippen LogP contribution in [0.15, 0.2) is 0 Å². The average Bonchev–Trinajstić information content (AvgIpc) is 3.33. The maximum atomic E-state index is 14.9. The molecule has 4 rings (SSSR count). The van der Waals surface area contributed by atoms with Crippen molar-refractivity contribution in [2.24, 2.45) is 0 Å². The predicted octanol–water partition coefficient (Wildman–Crippen LogP) is 5.10. The Morgan fingerprint density at radius 2 is 0.853 bits per heavy atom. The standard InChI is InChI=1S/C22H18BF10N/c24-13-11(14(25)18(29)21(32)17(13)28)23(12-15(26)19(30)22(33)20(31)16(12)27)9-5-4-6-10(9)34-7-2-1-3-8-34/h9-10H,1-8H2. The fourth-order valence-electron chi connectivity index (χ4n) is 5.42. The molecule has 12 heteroatoms. The highest BCUT2D eigenvalue weighted by molar-refractivity contribution is 6.86. The Morgan fingerprint density at radius 1 is 0.471 bits per heavy atom. The third-order valence-electron chi connectivity index (χ3n) is 6.93. The molecule has 0 aromatic heterocycles. The van der Waals surface area contributed by atoms with Crippen molar-refractivity contribution in [3.63, 3.8) is 0 Å². The SMILES string of the molecule is Fc1c(F)c(F)c(B(c2c(F)c(F)c(F)c(F)c2F)C2CCCC2N2CCCCC2)c(F)c1F. The number of benzene rings is 2. The van der Waals surface area contributed by atoms with E-state index in [1.807, 2.05) is 4.90 Å². The zero-order valence-corrected chi connectivity index (χ0v) is 17.6. The van der Waals surface area contributed by atoms with Crippen molar-refractivity contribution in [3.8, 4) is 0 Å². The zero-order valence-electron chi connectivity index (χ0n) is 17.6. The van der Waals surface area contributed by atoms with Crippen LogP contribution in [0.3, 0.4) is 0 Å². The highest BCUT2D eigenvalue weighted by Crippen LogP contribution is 2.39. The molecule has 0 N–H and O–H groups in total. The van der Waals surface area contributed by atoms with Gasteiger partial charge in [-0.15, -0.1) is 0 Å². The highest BCUT2D eigenvalue weighted by atomic mass is 19.2. The molecule has 1 saturated carbocycles. The van der Waals surface area contributed by atoms with Crippen LogP contribution in [-0.4, -0.2) is 30.7 Å². The highest BCUT2D eigenvalue weighted by Gasteiger charge is 2.48. The number of rotatable bonds is 4. The van der Waals surface area contributed by atoms with Gasteiger partial charge >= 0.3 is 0 Å². The first-order chi connectivity index (χ1) is 16.1. The Morgan fingerprint density at radius 3 is 1.26 bits per heavy atom. The van der Waals surface area contributed by atoms with Gasteiger partial charge in [0.05, 0.1) is 0 Å². The van der Waals surface area contributed by atoms with Gasteiger partial charge in [0.25, 0.3) is 0 Å². The molecule has 2 aromatic rings. The maximum absolute atomic E-state index is 14.9. The number of hydrogen-bond acceptors (Lipinski definition) is 1. The number of hydrogen-bond donors (Lipinski definition) is 0. The van der Waals surface area contributed by atoms with E-state index >= 15 is 0 Å². The van der Waals surface area contributed by atoms with Gasteiger partial charge in [0.1, 0.15) is 0 Å². The molecule has 34 heavy (non-hydrogen) atoms. The van der Waals surface area contributed by atoms with E-state index in [4.69, 9.17) is 0 Å². The molecule has 1 heterocycles. The summed E-state index contributed by atoms with van der Waals surface area (Å²) in [5.41, 5.74) is -3.21. The summed E-state index contributed by atoms with van der Waals surface area (Å²) in [5, 5.41) is 0. The molecule has 0 spiro atoms. The van der Waals surface area contributed by atoms with E-state index in [1.165, 1.54) is 0 Å². The largest absolute Gasteiger partial charge is 0.301 e. The van der Waals surface area contributed by atoms with Gasteiger partial charge in [-0.3, -0.25) is 0 Å². The molecule has 0 amide bonds. The smallest absolute Gasteiger partial charge is 0.229 e. The monoisotopic (exact) mass is 497 g/mol. The second-order valence-electron chi connectivity index (χ2n) is 8.70. The van der Waals surface area contributed by atoms with Gasteiger partial charge in [-0.05, 0) is 38.2 Å². The van der Waals surface area contributed by atoms with Crippen LogP contribution < -0.4 is 10.9 Å². The van der Waals surface area contributed by atoms with Crippen molar-refractivity contribution in [2.75, 3.05) is 13.1 Å². The molecular formula is C22H18BF10N. The summed E-state index contributed by atoms with van der Waals surface area (Å²) >= 11 is 0. The Hall–Kier alpha value is -2.24. The summed E-state index contributed by atoms with van der Waals surface area (Å²) in [5.74, 6) is -25.1. The number of nitrogens with zero attached hydrogens (tertiary/aromatic N) is 1. The molecule has 2 unspecified atom stereocenters. The first-order valence-corrected chi connectivity index (χ1v) is 10.8. The van der Waals surface area contributed by atoms with Crippen molar-refractivity contribution in [1.82, 2.24) is 4.90 Å². The zero-order chi connectivity index (χ0) is 24.9. The first-order valence-electron chi connectivity index (χ1n) is 10.8. The van der Waals surface area contributed by atoms with Crippen molar-refractivity contribution in [1.29, 1.82) is 0 Å². The molecule has 0 bridgehead atoms. The van der Waals surface area contributed by atoms with Gasteiger partial charge in [0.2, 0.25) is 6.71 Å². The number of halogens is 10. The van der Waals surface area contributed by atoms with Crippen LogP contribution in [0.5, 0.6) is 0 Å². The van der Waals surface area contributed by atoms with Crippen LogP contribution in [0, 0.1) is 58.2 Å². The van der Waals surface area contributed by atoms with Crippen LogP contribution in [0.1, 0.15) is 38.5 Å². The predicted molar refractivity (Wildman–Crippen MR) is 104 cm³/mol. The summed E-state index contributed by atoms with van der Waals surface area (Å²) in [6.45, 7) is -1.27. The van der Waals surface area contributed by atoms with E-state index in [0.29, 0.717) is 25.9 Å². The Labute approximate surface area is 188 Å². The molecule has 1 saturated heterocycles. The van der Waals surface area contributed by atoms with Crippen LogP contribution >= 0.6 is 0 Å². The van der Waals surface area contributed by atoms with Gasteiger partial charge in [0, 0.05) is 17.0 Å². The van der Waals surface area contributed by atoms with Crippen LogP contribution in [0.25, 0.3) is 0 Å². The Bertz CT molecular complexity index is 990.